The molecule has 37 heavy (non-hydrogen) atoms. The number of amides is 3. The number of carbonyl (C=O) groups excluding carboxylic acids is 3. The lowest BCUT2D eigenvalue weighted by Gasteiger charge is -2.38. The van der Waals surface area contributed by atoms with Gasteiger partial charge in [0.05, 0.1) is 5.92 Å². The first-order chi connectivity index (χ1) is 17.9. The predicted octanol–water partition coefficient (Wildman–Crippen LogP) is 3.25. The molecule has 0 bridgehead atoms. The number of hydrogen-bond acceptors (Lipinski definition) is 6. The largest absolute Gasteiger partial charge is 0.484 e. The van der Waals surface area contributed by atoms with E-state index in [9.17, 15) is 14.4 Å². The van der Waals surface area contributed by atoms with Crippen LogP contribution in [0.2, 0.25) is 0 Å². The zero-order valence-electron chi connectivity index (χ0n) is 21.3. The number of benzene rings is 2. The Bertz CT molecular complexity index is 1160. The van der Waals surface area contributed by atoms with Crippen LogP contribution in [0, 0.1) is 5.92 Å². The van der Waals surface area contributed by atoms with Gasteiger partial charge in [-0.15, -0.1) is 0 Å². The predicted molar refractivity (Wildman–Crippen MR) is 136 cm³/mol. The van der Waals surface area contributed by atoms with Crippen molar-refractivity contribution in [2.45, 2.75) is 58.2 Å². The molecule has 9 nitrogen and oxygen atoms in total. The fourth-order valence-electron chi connectivity index (χ4n) is 5.37. The second-order valence-electron chi connectivity index (χ2n) is 10.0. The van der Waals surface area contributed by atoms with Crippen LogP contribution in [-0.2, 0) is 20.9 Å². The number of anilines is 1. The highest BCUT2D eigenvalue weighted by molar-refractivity contribution is 6.00. The molecule has 2 fully saturated rings. The third-order valence-electron chi connectivity index (χ3n) is 7.39. The van der Waals surface area contributed by atoms with E-state index in [4.69, 9.17) is 14.2 Å². The van der Waals surface area contributed by atoms with Gasteiger partial charge in [-0.2, -0.15) is 0 Å². The van der Waals surface area contributed by atoms with Crippen LogP contribution >= 0.6 is 0 Å². The van der Waals surface area contributed by atoms with Crippen LogP contribution in [0.4, 0.5) is 5.69 Å². The summed E-state index contributed by atoms with van der Waals surface area (Å²) in [7, 11) is 0. The number of piperidine rings is 1. The van der Waals surface area contributed by atoms with E-state index in [2.05, 4.69) is 19.2 Å². The molecule has 5 rings (SSSR count). The van der Waals surface area contributed by atoms with Gasteiger partial charge in [0.2, 0.25) is 18.6 Å². The van der Waals surface area contributed by atoms with Crippen molar-refractivity contribution < 1.29 is 28.6 Å². The molecule has 3 aliphatic heterocycles. The molecular weight excluding hydrogens is 474 g/mol. The molecule has 2 aromatic carbocycles. The quantitative estimate of drug-likeness (QED) is 0.618. The molecule has 0 saturated carbocycles. The molecule has 3 heterocycles. The monoisotopic (exact) mass is 507 g/mol. The molecule has 9 heteroatoms. The number of fused-ring (bicyclic) bond motifs is 1. The number of carbonyl (C=O) groups is 3. The maximum atomic E-state index is 12.8. The van der Waals surface area contributed by atoms with E-state index < -0.39 is 5.92 Å². The molecule has 3 amide bonds. The molecule has 0 aromatic heterocycles. The van der Waals surface area contributed by atoms with Crippen LogP contribution in [0.5, 0.6) is 17.2 Å². The van der Waals surface area contributed by atoms with Crippen LogP contribution in [0.1, 0.15) is 45.1 Å². The molecule has 3 atom stereocenters. The Labute approximate surface area is 216 Å². The maximum Gasteiger partial charge on any atom is 0.260 e. The molecule has 3 aliphatic rings. The van der Waals surface area contributed by atoms with E-state index in [0.717, 1.165) is 24.8 Å². The van der Waals surface area contributed by atoms with E-state index in [0.29, 0.717) is 36.0 Å². The summed E-state index contributed by atoms with van der Waals surface area (Å²) < 4.78 is 16.4. The second-order valence-corrected chi connectivity index (χ2v) is 10.0. The lowest BCUT2D eigenvalue weighted by Crippen LogP contribution is -2.49. The summed E-state index contributed by atoms with van der Waals surface area (Å²) >= 11 is 0. The molecule has 0 radical (unpaired) electrons. The standard InChI is InChI=1S/C28H33N3O6/c1-18-4-3-5-19(2)31(18)27(33)16-35-23-9-7-22(8-10-23)30-15-21(13-26(30)32)28(34)29-14-20-6-11-24-25(12-20)37-17-36-24/h6-12,18-19,21H,3-5,13-17H2,1-2H3,(H,29,34)/t18-,19-,21-/m1/s1. The summed E-state index contributed by atoms with van der Waals surface area (Å²) in [5.74, 6) is 1.24. The Morgan fingerprint density at radius 3 is 2.51 bits per heavy atom. The summed E-state index contributed by atoms with van der Waals surface area (Å²) in [4.78, 5) is 41.7. The number of rotatable bonds is 7. The average molecular weight is 508 g/mol. The zero-order valence-corrected chi connectivity index (χ0v) is 21.3. The summed E-state index contributed by atoms with van der Waals surface area (Å²) in [6.07, 6.45) is 3.34. The minimum absolute atomic E-state index is 0.00639. The van der Waals surface area contributed by atoms with Crippen molar-refractivity contribution in [2.24, 2.45) is 5.92 Å². The number of hydrogen-bond donors (Lipinski definition) is 1. The summed E-state index contributed by atoms with van der Waals surface area (Å²) in [5.41, 5.74) is 1.60. The minimum atomic E-state index is -0.427. The van der Waals surface area contributed by atoms with Gasteiger partial charge in [-0.1, -0.05) is 6.07 Å². The molecule has 0 spiro atoms. The Morgan fingerprint density at radius 1 is 1.03 bits per heavy atom. The van der Waals surface area contributed by atoms with Crippen LogP contribution < -0.4 is 24.4 Å². The normalized spacial score (nSPS) is 22.8. The van der Waals surface area contributed by atoms with Gasteiger partial charge in [0.1, 0.15) is 5.75 Å². The van der Waals surface area contributed by atoms with E-state index in [1.165, 1.54) is 0 Å². The second kappa shape index (κ2) is 10.7. The first kappa shape index (κ1) is 24.9. The average Bonchev–Trinajstić information content (AvgIpc) is 3.52. The fourth-order valence-corrected chi connectivity index (χ4v) is 5.37. The van der Waals surface area contributed by atoms with Crippen LogP contribution in [0.15, 0.2) is 42.5 Å². The van der Waals surface area contributed by atoms with Crippen molar-refractivity contribution in [3.05, 3.63) is 48.0 Å². The smallest absolute Gasteiger partial charge is 0.260 e. The molecule has 196 valence electrons. The van der Waals surface area contributed by atoms with Crippen molar-refractivity contribution in [2.75, 3.05) is 24.8 Å². The molecule has 0 aliphatic carbocycles. The highest BCUT2D eigenvalue weighted by atomic mass is 16.7. The van der Waals surface area contributed by atoms with Crippen molar-refractivity contribution in [3.63, 3.8) is 0 Å². The number of nitrogens with zero attached hydrogens (tertiary/aromatic N) is 2. The Morgan fingerprint density at radius 2 is 1.76 bits per heavy atom. The molecule has 2 aromatic rings. The Balaban J connectivity index is 1.12. The van der Waals surface area contributed by atoms with Gasteiger partial charge in [0, 0.05) is 37.3 Å². The molecule has 0 unspecified atom stereocenters. The van der Waals surface area contributed by atoms with Crippen LogP contribution in [0.3, 0.4) is 0 Å². The highest BCUT2D eigenvalue weighted by Crippen LogP contribution is 2.32. The third-order valence-corrected chi connectivity index (χ3v) is 7.39. The SMILES string of the molecule is C[C@@H]1CCC[C@@H](C)N1C(=O)COc1ccc(N2C[C@H](C(=O)NCc3ccc4c(c3)OCO4)CC2=O)cc1. The number of likely N-dealkylation sites (tertiary alicyclic amines) is 1. The van der Waals surface area contributed by atoms with Gasteiger partial charge in [0.15, 0.2) is 18.1 Å². The van der Waals surface area contributed by atoms with Gasteiger partial charge >= 0.3 is 0 Å². The summed E-state index contributed by atoms with van der Waals surface area (Å²) in [6, 6.07) is 13.1. The number of nitrogens with one attached hydrogen (secondary N) is 1. The van der Waals surface area contributed by atoms with E-state index in [1.54, 1.807) is 29.2 Å². The highest BCUT2D eigenvalue weighted by Gasteiger charge is 2.35. The lowest BCUT2D eigenvalue weighted by atomic mass is 9.97. The maximum absolute atomic E-state index is 12.8. The summed E-state index contributed by atoms with van der Waals surface area (Å²) in [5, 5.41) is 2.92. The van der Waals surface area contributed by atoms with E-state index >= 15 is 0 Å². The lowest BCUT2D eigenvalue weighted by molar-refractivity contribution is -0.139. The van der Waals surface area contributed by atoms with Gasteiger partial charge < -0.3 is 29.3 Å². The van der Waals surface area contributed by atoms with Crippen LogP contribution in [-0.4, -0.2) is 54.6 Å². The van der Waals surface area contributed by atoms with Crippen molar-refractivity contribution >= 4 is 23.4 Å². The van der Waals surface area contributed by atoms with E-state index in [1.807, 2.05) is 23.1 Å². The van der Waals surface area contributed by atoms with Crippen molar-refractivity contribution in [1.82, 2.24) is 10.2 Å². The van der Waals surface area contributed by atoms with Gasteiger partial charge in [-0.3, -0.25) is 14.4 Å². The van der Waals surface area contributed by atoms with Gasteiger partial charge in [-0.05, 0) is 75.1 Å². The number of ether oxygens (including phenoxy) is 3. The van der Waals surface area contributed by atoms with Crippen LogP contribution in [0.25, 0.3) is 0 Å². The first-order valence-electron chi connectivity index (χ1n) is 12.9. The topological polar surface area (TPSA) is 97.4 Å². The van der Waals surface area contributed by atoms with Gasteiger partial charge in [-0.25, -0.2) is 0 Å². The Kier molecular flexibility index (Phi) is 7.21. The van der Waals surface area contributed by atoms with Crippen molar-refractivity contribution in [1.29, 1.82) is 0 Å². The zero-order chi connectivity index (χ0) is 25.9. The van der Waals surface area contributed by atoms with Crippen molar-refractivity contribution in [3.8, 4) is 17.2 Å². The van der Waals surface area contributed by atoms with Gasteiger partial charge in [0.25, 0.3) is 5.91 Å². The molecule has 2 saturated heterocycles. The third kappa shape index (κ3) is 5.50. The minimum Gasteiger partial charge on any atom is -0.484 e. The first-order valence-corrected chi connectivity index (χ1v) is 12.9. The molecular formula is C28H33N3O6. The fraction of sp³-hybridized carbons (Fsp3) is 0.464. The Hall–Kier alpha value is -3.75. The molecule has 1 N–H and O–H groups in total. The van der Waals surface area contributed by atoms with E-state index in [-0.39, 0.29) is 49.6 Å². The summed E-state index contributed by atoms with van der Waals surface area (Å²) in [6.45, 7) is 5.02.